The Morgan fingerprint density at radius 3 is 2.42 bits per heavy atom. The molecule has 272 valence electrons. The van der Waals surface area contributed by atoms with Crippen molar-refractivity contribution in [3.8, 4) is 17.2 Å². The molecule has 1 aliphatic rings. The van der Waals surface area contributed by atoms with Crippen LogP contribution < -0.4 is 4.74 Å². The van der Waals surface area contributed by atoms with Gasteiger partial charge in [0.2, 0.25) is 5.89 Å². The van der Waals surface area contributed by atoms with Gasteiger partial charge in [0.15, 0.2) is 5.58 Å². The van der Waals surface area contributed by atoms with Crippen LogP contribution >= 0.6 is 0 Å². The van der Waals surface area contributed by atoms with Crippen LogP contribution in [0, 0.1) is 6.92 Å². The van der Waals surface area contributed by atoms with E-state index in [0.29, 0.717) is 23.3 Å². The molecule has 7 nitrogen and oxygen atoms in total. The molecule has 2 aromatic heterocycles. The molecule has 0 bridgehead atoms. The topological polar surface area (TPSA) is 77.7 Å². The summed E-state index contributed by atoms with van der Waals surface area (Å²) in [6.07, 6.45) is 0.307. The highest BCUT2D eigenvalue weighted by Crippen LogP contribution is 2.35. The molecule has 0 aliphatic heterocycles. The van der Waals surface area contributed by atoms with Crippen molar-refractivity contribution in [1.29, 1.82) is 0 Å². The van der Waals surface area contributed by atoms with Crippen molar-refractivity contribution in [1.82, 2.24) is 14.9 Å². The van der Waals surface area contributed by atoms with Gasteiger partial charge in [-0.2, -0.15) is 13.2 Å². The molecular formula is C43H40F3N3O4. The molecule has 2 heterocycles. The standard InChI is InChI=1S/C43H40F3N3O4/c1-28-10-20-35-36(47-28)7-5-8-38(35)49(24-22-29-11-17-33(18-12-29)42(50)51-2)25-23-31-6-3-4-9-39(31)52-27-30-13-15-32(16-14-30)41-48-37-26-34(43(44,45)46)19-21-40(37)53-41/h3-4,6,9-21,26,38H,5,7-8,22-25,27H2,1-2H3. The van der Waals surface area contributed by atoms with E-state index in [-0.39, 0.29) is 23.4 Å². The monoisotopic (exact) mass is 719 g/mol. The maximum Gasteiger partial charge on any atom is 0.416 e. The van der Waals surface area contributed by atoms with Crippen LogP contribution in [-0.2, 0) is 36.8 Å². The number of para-hydroxylation sites is 1. The summed E-state index contributed by atoms with van der Waals surface area (Å²) in [5, 5.41) is 0. The Morgan fingerprint density at radius 1 is 0.887 bits per heavy atom. The largest absolute Gasteiger partial charge is 0.489 e. The van der Waals surface area contributed by atoms with E-state index < -0.39 is 11.7 Å². The minimum absolute atomic E-state index is 0.158. The molecule has 7 rings (SSSR count). The van der Waals surface area contributed by atoms with Gasteiger partial charge in [-0.3, -0.25) is 9.88 Å². The maximum atomic E-state index is 13.2. The van der Waals surface area contributed by atoms with Crippen molar-refractivity contribution in [2.24, 2.45) is 0 Å². The smallest absolute Gasteiger partial charge is 0.416 e. The molecule has 4 aromatic carbocycles. The fourth-order valence-corrected chi connectivity index (χ4v) is 6.99. The quantitative estimate of drug-likeness (QED) is 0.117. The number of carbonyl (C=O) groups excluding carboxylic acids is 1. The lowest BCUT2D eigenvalue weighted by Gasteiger charge is -2.36. The van der Waals surface area contributed by atoms with Gasteiger partial charge >= 0.3 is 12.1 Å². The first-order chi connectivity index (χ1) is 25.6. The number of ether oxygens (including phenoxy) is 2. The van der Waals surface area contributed by atoms with Crippen molar-refractivity contribution in [3.63, 3.8) is 0 Å². The molecule has 0 N–H and O–H groups in total. The zero-order valence-corrected chi connectivity index (χ0v) is 29.7. The van der Waals surface area contributed by atoms with E-state index in [9.17, 15) is 18.0 Å². The van der Waals surface area contributed by atoms with Crippen molar-refractivity contribution >= 4 is 17.1 Å². The first-order valence-electron chi connectivity index (χ1n) is 17.8. The van der Waals surface area contributed by atoms with E-state index in [4.69, 9.17) is 18.9 Å². The van der Waals surface area contributed by atoms with Crippen LogP contribution in [0.25, 0.3) is 22.6 Å². The SMILES string of the molecule is COC(=O)c1ccc(CCN(CCc2ccccc2OCc2ccc(-c3nc4cc(C(F)(F)F)ccc4o3)cc2)C2CCCc3nc(C)ccc32)cc1. The number of methoxy groups -OCH3 is 1. The Hall–Kier alpha value is -5.48. The number of oxazole rings is 1. The van der Waals surface area contributed by atoms with Crippen molar-refractivity contribution < 1.29 is 31.9 Å². The second kappa shape index (κ2) is 15.6. The lowest BCUT2D eigenvalue weighted by Crippen LogP contribution is -2.35. The highest BCUT2D eigenvalue weighted by atomic mass is 19.4. The summed E-state index contributed by atoms with van der Waals surface area (Å²) in [7, 11) is 1.39. The number of aryl methyl sites for hydroxylation is 2. The molecule has 1 aliphatic carbocycles. The summed E-state index contributed by atoms with van der Waals surface area (Å²) in [5.74, 6) is 0.730. The normalized spacial score (nSPS) is 14.3. The third-order valence-corrected chi connectivity index (χ3v) is 9.85. The molecule has 0 saturated carbocycles. The number of alkyl halides is 3. The molecule has 0 amide bonds. The molecule has 53 heavy (non-hydrogen) atoms. The van der Waals surface area contributed by atoms with Gasteiger partial charge in [0.05, 0.1) is 18.2 Å². The molecule has 0 spiro atoms. The first-order valence-corrected chi connectivity index (χ1v) is 17.8. The number of nitrogens with zero attached hydrogens (tertiary/aromatic N) is 3. The Labute approximate surface area is 306 Å². The highest BCUT2D eigenvalue weighted by molar-refractivity contribution is 5.89. The number of hydrogen-bond donors (Lipinski definition) is 0. The summed E-state index contributed by atoms with van der Waals surface area (Å²) >= 11 is 0. The Bertz CT molecular complexity index is 2200. The molecule has 1 unspecified atom stereocenters. The van der Waals surface area contributed by atoms with E-state index in [0.717, 1.165) is 85.5 Å². The van der Waals surface area contributed by atoms with Gasteiger partial charge in [0.1, 0.15) is 17.9 Å². The van der Waals surface area contributed by atoms with E-state index in [2.05, 4.69) is 28.1 Å². The lowest BCUT2D eigenvalue weighted by molar-refractivity contribution is -0.137. The number of fused-ring (bicyclic) bond motifs is 2. The second-order valence-corrected chi connectivity index (χ2v) is 13.4. The number of benzene rings is 4. The van der Waals surface area contributed by atoms with Crippen molar-refractivity contribution in [3.05, 3.63) is 148 Å². The summed E-state index contributed by atoms with van der Waals surface area (Å²) < 4.78 is 56.5. The highest BCUT2D eigenvalue weighted by Gasteiger charge is 2.31. The molecular weight excluding hydrogens is 679 g/mol. The zero-order valence-electron chi connectivity index (χ0n) is 29.7. The van der Waals surface area contributed by atoms with Crippen LogP contribution in [-0.4, -0.2) is 41.0 Å². The molecule has 1 atom stereocenters. The molecule has 6 aromatic rings. The third-order valence-electron chi connectivity index (χ3n) is 9.85. The summed E-state index contributed by atoms with van der Waals surface area (Å²) in [6, 6.07) is 31.1. The van der Waals surface area contributed by atoms with Crippen LogP contribution in [0.2, 0.25) is 0 Å². The summed E-state index contributed by atoms with van der Waals surface area (Å²) in [5.41, 5.74) is 7.62. The van der Waals surface area contributed by atoms with Gasteiger partial charge in [0, 0.05) is 36.1 Å². The molecule has 10 heteroatoms. The number of aromatic nitrogens is 2. The van der Waals surface area contributed by atoms with Crippen LogP contribution in [0.15, 0.2) is 108 Å². The fourth-order valence-electron chi connectivity index (χ4n) is 6.99. The van der Waals surface area contributed by atoms with E-state index in [1.807, 2.05) is 73.7 Å². The Morgan fingerprint density at radius 2 is 1.64 bits per heavy atom. The minimum atomic E-state index is -4.45. The van der Waals surface area contributed by atoms with Gasteiger partial charge in [-0.25, -0.2) is 9.78 Å². The molecule has 0 fully saturated rings. The lowest BCUT2D eigenvalue weighted by atomic mass is 9.89. The van der Waals surface area contributed by atoms with Crippen LogP contribution in [0.3, 0.4) is 0 Å². The second-order valence-electron chi connectivity index (χ2n) is 13.4. The van der Waals surface area contributed by atoms with Crippen LogP contribution in [0.4, 0.5) is 13.2 Å². The Balaban J connectivity index is 1.03. The Kier molecular flexibility index (Phi) is 10.6. The van der Waals surface area contributed by atoms with E-state index in [1.54, 1.807) is 0 Å². The van der Waals surface area contributed by atoms with Gasteiger partial charge in [-0.05, 0) is 116 Å². The fraction of sp³-hybridized carbons (Fsp3) is 0.279. The van der Waals surface area contributed by atoms with Crippen molar-refractivity contribution in [2.75, 3.05) is 20.2 Å². The number of pyridine rings is 1. The number of hydrogen-bond acceptors (Lipinski definition) is 7. The number of carbonyl (C=O) groups is 1. The minimum Gasteiger partial charge on any atom is -0.489 e. The van der Waals surface area contributed by atoms with E-state index in [1.165, 1.54) is 24.4 Å². The predicted octanol–water partition coefficient (Wildman–Crippen LogP) is 9.75. The van der Waals surface area contributed by atoms with Gasteiger partial charge in [-0.1, -0.05) is 48.5 Å². The van der Waals surface area contributed by atoms with E-state index >= 15 is 0 Å². The van der Waals surface area contributed by atoms with Gasteiger partial charge < -0.3 is 13.9 Å². The molecule has 0 radical (unpaired) electrons. The zero-order chi connectivity index (χ0) is 37.0. The summed E-state index contributed by atoms with van der Waals surface area (Å²) in [6.45, 7) is 4.05. The number of halogens is 3. The average molecular weight is 720 g/mol. The average Bonchev–Trinajstić information content (AvgIpc) is 3.61. The predicted molar refractivity (Wildman–Crippen MR) is 197 cm³/mol. The third kappa shape index (κ3) is 8.44. The van der Waals surface area contributed by atoms with Crippen LogP contribution in [0.1, 0.15) is 68.4 Å². The van der Waals surface area contributed by atoms with Crippen molar-refractivity contribution in [2.45, 2.75) is 57.9 Å². The summed E-state index contributed by atoms with van der Waals surface area (Å²) in [4.78, 5) is 23.7. The maximum absolute atomic E-state index is 13.2. The van der Waals surface area contributed by atoms with Crippen LogP contribution in [0.5, 0.6) is 5.75 Å². The molecule has 0 saturated heterocycles. The first kappa shape index (κ1) is 35.9. The van der Waals surface area contributed by atoms with Gasteiger partial charge in [-0.15, -0.1) is 0 Å². The van der Waals surface area contributed by atoms with Gasteiger partial charge in [0.25, 0.3) is 0 Å². The number of esters is 1. The number of rotatable bonds is 12.